The average molecular weight is 247 g/mol. The van der Waals surface area contributed by atoms with Crippen molar-refractivity contribution in [3.8, 4) is 0 Å². The zero-order chi connectivity index (χ0) is 13.7. The maximum absolute atomic E-state index is 12.2. The van der Waals surface area contributed by atoms with Crippen molar-refractivity contribution in [2.24, 2.45) is 10.8 Å². The van der Waals surface area contributed by atoms with Crippen LogP contribution in [-0.2, 0) is 6.42 Å². The molecule has 1 aromatic rings. The van der Waals surface area contributed by atoms with Crippen LogP contribution in [0, 0.1) is 10.8 Å². The van der Waals surface area contributed by atoms with E-state index in [1.165, 1.54) is 5.69 Å². The van der Waals surface area contributed by atoms with E-state index >= 15 is 0 Å². The molecule has 1 aromatic heterocycles. The lowest BCUT2D eigenvalue weighted by molar-refractivity contribution is 0.0907. The molecule has 0 saturated carbocycles. The Morgan fingerprint density at radius 3 is 2.44 bits per heavy atom. The Balaban J connectivity index is 2.46. The largest absolute Gasteiger partial charge is 0.347 e. The lowest BCUT2D eigenvalue weighted by Gasteiger charge is -2.34. The number of hydrogen-bond donors (Lipinski definition) is 0. The molecule has 1 heterocycles. The first-order chi connectivity index (χ1) is 8.12. The first-order valence-corrected chi connectivity index (χ1v) is 6.85. The zero-order valence-corrected chi connectivity index (χ0v) is 12.5. The van der Waals surface area contributed by atoms with Crippen molar-refractivity contribution in [3.05, 3.63) is 23.5 Å². The number of fused-ring (bicyclic) bond motifs is 1. The van der Waals surface area contributed by atoms with Gasteiger partial charge in [-0.15, -0.1) is 0 Å². The third-order valence-corrected chi connectivity index (χ3v) is 4.28. The third kappa shape index (κ3) is 2.25. The Morgan fingerprint density at radius 2 is 1.89 bits per heavy atom. The van der Waals surface area contributed by atoms with Crippen LogP contribution in [0.3, 0.4) is 0 Å². The van der Waals surface area contributed by atoms with Crippen LogP contribution in [0.5, 0.6) is 0 Å². The average Bonchev–Trinajstić information content (AvgIpc) is 2.56. The summed E-state index contributed by atoms with van der Waals surface area (Å²) in [7, 11) is 0. The number of Topliss-reactive ketones (excluding diaryl/α,β-unsaturated/α-hetero) is 1. The molecule has 2 rings (SSSR count). The van der Waals surface area contributed by atoms with Gasteiger partial charge in [0.25, 0.3) is 0 Å². The standard InChI is InChI=1S/C16H25NO/c1-11(15(2,3)4)17-8-7-12-13(17)9-16(5,6)10-14(12)18/h7-8,11H,9-10H2,1-6H3. The maximum Gasteiger partial charge on any atom is 0.165 e. The second-order valence-electron chi connectivity index (χ2n) is 7.57. The summed E-state index contributed by atoms with van der Waals surface area (Å²) in [4.78, 5) is 12.2. The normalized spacial score (nSPS) is 20.7. The van der Waals surface area contributed by atoms with Gasteiger partial charge in [0.15, 0.2) is 5.78 Å². The van der Waals surface area contributed by atoms with Crippen molar-refractivity contribution in [3.63, 3.8) is 0 Å². The summed E-state index contributed by atoms with van der Waals surface area (Å²) in [6.45, 7) is 13.4. The van der Waals surface area contributed by atoms with Crippen LogP contribution in [0.4, 0.5) is 0 Å². The SMILES string of the molecule is CC(n1ccc2c1CC(C)(C)CC2=O)C(C)(C)C. The van der Waals surface area contributed by atoms with E-state index in [4.69, 9.17) is 0 Å². The maximum atomic E-state index is 12.2. The van der Waals surface area contributed by atoms with Crippen LogP contribution in [0.1, 0.15) is 70.1 Å². The van der Waals surface area contributed by atoms with Gasteiger partial charge in [-0.05, 0) is 30.2 Å². The van der Waals surface area contributed by atoms with Gasteiger partial charge in [0, 0.05) is 29.9 Å². The molecule has 0 radical (unpaired) electrons. The Kier molecular flexibility index (Phi) is 2.95. The van der Waals surface area contributed by atoms with Gasteiger partial charge < -0.3 is 4.57 Å². The summed E-state index contributed by atoms with van der Waals surface area (Å²) >= 11 is 0. The Labute approximate surface area is 110 Å². The van der Waals surface area contributed by atoms with E-state index in [-0.39, 0.29) is 10.8 Å². The number of rotatable bonds is 1. The molecule has 0 amide bonds. The predicted octanol–water partition coefficient (Wildman–Crippen LogP) is 4.25. The number of nitrogens with zero attached hydrogens (tertiary/aromatic N) is 1. The third-order valence-electron chi connectivity index (χ3n) is 4.28. The molecule has 0 saturated heterocycles. The van der Waals surface area contributed by atoms with Crippen LogP contribution < -0.4 is 0 Å². The molecule has 1 atom stereocenters. The van der Waals surface area contributed by atoms with E-state index in [1.54, 1.807) is 0 Å². The second-order valence-corrected chi connectivity index (χ2v) is 7.57. The topological polar surface area (TPSA) is 22.0 Å². The lowest BCUT2D eigenvalue weighted by atomic mass is 9.76. The summed E-state index contributed by atoms with van der Waals surface area (Å²) < 4.78 is 2.31. The Bertz CT molecular complexity index is 474. The fourth-order valence-electron chi connectivity index (χ4n) is 2.75. The van der Waals surface area contributed by atoms with Crippen molar-refractivity contribution in [1.82, 2.24) is 4.57 Å². The molecule has 0 aromatic carbocycles. The predicted molar refractivity (Wildman–Crippen MR) is 75.0 cm³/mol. The van der Waals surface area contributed by atoms with Gasteiger partial charge in [0.2, 0.25) is 0 Å². The molecular weight excluding hydrogens is 222 g/mol. The van der Waals surface area contributed by atoms with Gasteiger partial charge in [0.1, 0.15) is 0 Å². The van der Waals surface area contributed by atoms with Gasteiger partial charge in [-0.2, -0.15) is 0 Å². The minimum Gasteiger partial charge on any atom is -0.347 e. The van der Waals surface area contributed by atoms with Crippen molar-refractivity contribution in [2.45, 2.75) is 60.4 Å². The first kappa shape index (κ1) is 13.4. The van der Waals surface area contributed by atoms with Crippen LogP contribution in [0.25, 0.3) is 0 Å². The minimum absolute atomic E-state index is 0.0950. The molecule has 0 N–H and O–H groups in total. The molecule has 1 aliphatic carbocycles. The van der Waals surface area contributed by atoms with Gasteiger partial charge in [-0.3, -0.25) is 4.79 Å². The molecule has 0 bridgehead atoms. The highest BCUT2D eigenvalue weighted by atomic mass is 16.1. The fourth-order valence-corrected chi connectivity index (χ4v) is 2.75. The molecule has 0 spiro atoms. The van der Waals surface area contributed by atoms with Gasteiger partial charge in [-0.25, -0.2) is 0 Å². The van der Waals surface area contributed by atoms with E-state index in [0.29, 0.717) is 18.2 Å². The molecular formula is C16H25NO. The molecule has 1 unspecified atom stereocenters. The molecule has 0 aliphatic heterocycles. The second kappa shape index (κ2) is 3.97. The molecule has 18 heavy (non-hydrogen) atoms. The van der Waals surface area contributed by atoms with Gasteiger partial charge in [0.05, 0.1) is 0 Å². The van der Waals surface area contributed by atoms with E-state index < -0.39 is 0 Å². The smallest absolute Gasteiger partial charge is 0.165 e. The van der Waals surface area contributed by atoms with Gasteiger partial charge in [-0.1, -0.05) is 34.6 Å². The van der Waals surface area contributed by atoms with Crippen molar-refractivity contribution in [2.75, 3.05) is 0 Å². The van der Waals surface area contributed by atoms with E-state index in [2.05, 4.69) is 52.3 Å². The minimum atomic E-state index is 0.0950. The van der Waals surface area contributed by atoms with Gasteiger partial charge >= 0.3 is 0 Å². The highest BCUT2D eigenvalue weighted by Crippen LogP contribution is 2.39. The Morgan fingerprint density at radius 1 is 1.28 bits per heavy atom. The molecule has 100 valence electrons. The summed E-state index contributed by atoms with van der Waals surface area (Å²) in [5.74, 6) is 0.307. The van der Waals surface area contributed by atoms with Crippen LogP contribution in [-0.4, -0.2) is 10.4 Å². The lowest BCUT2D eigenvalue weighted by Crippen LogP contribution is -2.30. The molecule has 0 fully saturated rings. The van der Waals surface area contributed by atoms with E-state index in [9.17, 15) is 4.79 Å². The van der Waals surface area contributed by atoms with Crippen LogP contribution >= 0.6 is 0 Å². The van der Waals surface area contributed by atoms with E-state index in [0.717, 1.165) is 12.0 Å². The monoisotopic (exact) mass is 247 g/mol. The summed E-state index contributed by atoms with van der Waals surface area (Å²) in [5.41, 5.74) is 2.49. The molecule has 2 nitrogen and oxygen atoms in total. The Hall–Kier alpha value is -1.05. The van der Waals surface area contributed by atoms with Crippen molar-refractivity contribution >= 4 is 5.78 Å². The fraction of sp³-hybridized carbons (Fsp3) is 0.688. The highest BCUT2D eigenvalue weighted by molar-refractivity contribution is 5.98. The number of ketones is 1. The van der Waals surface area contributed by atoms with Crippen LogP contribution in [0.2, 0.25) is 0 Å². The van der Waals surface area contributed by atoms with Crippen LogP contribution in [0.15, 0.2) is 12.3 Å². The molecule has 1 aliphatic rings. The zero-order valence-electron chi connectivity index (χ0n) is 12.5. The van der Waals surface area contributed by atoms with Crippen molar-refractivity contribution in [1.29, 1.82) is 0 Å². The molecule has 2 heteroatoms. The van der Waals surface area contributed by atoms with Crippen molar-refractivity contribution < 1.29 is 4.79 Å². The summed E-state index contributed by atoms with van der Waals surface area (Å²) in [6.07, 6.45) is 3.77. The number of aromatic nitrogens is 1. The number of carbonyl (C=O) groups excluding carboxylic acids is 1. The summed E-state index contributed by atoms with van der Waals surface area (Å²) in [5, 5.41) is 0. The quantitative estimate of drug-likeness (QED) is 0.727. The van der Waals surface area contributed by atoms with E-state index in [1.807, 2.05) is 6.07 Å². The highest BCUT2D eigenvalue weighted by Gasteiger charge is 2.35. The summed E-state index contributed by atoms with van der Waals surface area (Å²) in [6, 6.07) is 2.41. The number of hydrogen-bond acceptors (Lipinski definition) is 1. The number of carbonyl (C=O) groups is 1. The first-order valence-electron chi connectivity index (χ1n) is 6.85.